The van der Waals surface area contributed by atoms with Gasteiger partial charge < -0.3 is 4.42 Å². The van der Waals surface area contributed by atoms with Gasteiger partial charge in [-0.05, 0) is 36.4 Å². The van der Waals surface area contributed by atoms with Crippen molar-refractivity contribution in [3.8, 4) is 0 Å². The van der Waals surface area contributed by atoms with E-state index in [-0.39, 0.29) is 17.6 Å². The van der Waals surface area contributed by atoms with Gasteiger partial charge in [0, 0.05) is 0 Å². The lowest BCUT2D eigenvalue weighted by Crippen LogP contribution is -2.27. The Bertz CT molecular complexity index is 936. The van der Waals surface area contributed by atoms with Gasteiger partial charge in [0.25, 0.3) is 5.91 Å². The van der Waals surface area contributed by atoms with Gasteiger partial charge in [0.1, 0.15) is 16.5 Å². The highest BCUT2D eigenvalue weighted by atomic mass is 32.2. The Morgan fingerprint density at radius 3 is 2.80 bits per heavy atom. The molecule has 6 nitrogen and oxygen atoms in total. The first-order chi connectivity index (χ1) is 12.0. The van der Waals surface area contributed by atoms with Crippen molar-refractivity contribution in [2.45, 2.75) is 0 Å². The molecule has 2 heterocycles. The molecule has 0 atom stereocenters. The highest BCUT2D eigenvalue weighted by molar-refractivity contribution is 8.27. The molecule has 1 saturated heterocycles. The summed E-state index contributed by atoms with van der Waals surface area (Å²) in [6, 6.07) is 8.28. The summed E-state index contributed by atoms with van der Waals surface area (Å²) in [7, 11) is 0. The van der Waals surface area contributed by atoms with Crippen molar-refractivity contribution in [1.29, 1.82) is 0 Å². The molecule has 1 aliphatic rings. The largest absolute Gasteiger partial charge is 0.433 e. The van der Waals surface area contributed by atoms with E-state index < -0.39 is 10.7 Å². The van der Waals surface area contributed by atoms with Crippen molar-refractivity contribution in [2.75, 3.05) is 4.90 Å². The van der Waals surface area contributed by atoms with E-state index in [0.717, 1.165) is 11.8 Å². The van der Waals surface area contributed by atoms with Crippen LogP contribution in [0.15, 0.2) is 57.9 Å². The zero-order chi connectivity index (χ0) is 18.0. The second-order valence-corrected chi connectivity index (χ2v) is 6.49. The topological polar surface area (TPSA) is 76.6 Å². The van der Waals surface area contributed by atoms with Crippen molar-refractivity contribution < 1.29 is 18.5 Å². The summed E-state index contributed by atoms with van der Waals surface area (Å²) in [5, 5.41) is 10.6. The second-order valence-electron chi connectivity index (χ2n) is 4.81. The molecule has 25 heavy (non-hydrogen) atoms. The quantitative estimate of drug-likeness (QED) is 0.343. The molecule has 1 amide bonds. The van der Waals surface area contributed by atoms with Crippen molar-refractivity contribution >= 4 is 51.9 Å². The number of rotatable bonds is 4. The first kappa shape index (κ1) is 17.1. The average Bonchev–Trinajstić information content (AvgIpc) is 3.13. The summed E-state index contributed by atoms with van der Waals surface area (Å²) in [6.07, 6.45) is 4.54. The molecule has 1 fully saturated rings. The lowest BCUT2D eigenvalue weighted by Gasteiger charge is -2.14. The number of allylic oxidation sites excluding steroid dienone is 2. The van der Waals surface area contributed by atoms with Crippen LogP contribution >= 0.6 is 24.0 Å². The molecule has 0 spiro atoms. The Labute approximate surface area is 150 Å². The maximum atomic E-state index is 13.3. The highest BCUT2D eigenvalue weighted by Gasteiger charge is 2.33. The van der Waals surface area contributed by atoms with Gasteiger partial charge >= 0.3 is 5.88 Å². The van der Waals surface area contributed by atoms with E-state index in [4.69, 9.17) is 16.6 Å². The molecule has 0 bridgehead atoms. The Hall–Kier alpha value is -2.78. The maximum absolute atomic E-state index is 13.3. The summed E-state index contributed by atoms with van der Waals surface area (Å²) in [6.45, 7) is 0. The molecule has 0 aliphatic carbocycles. The Balaban J connectivity index is 1.78. The molecule has 1 aliphatic heterocycles. The smallest absolute Gasteiger partial charge is 0.401 e. The summed E-state index contributed by atoms with van der Waals surface area (Å²) < 4.78 is 18.6. The number of benzene rings is 1. The number of nitro groups is 1. The van der Waals surface area contributed by atoms with Crippen LogP contribution in [-0.2, 0) is 4.79 Å². The third-order valence-electron chi connectivity index (χ3n) is 3.16. The summed E-state index contributed by atoms with van der Waals surface area (Å²) in [5.41, 5.74) is 0.358. The number of carbonyl (C=O) groups excluding carboxylic acids is 1. The number of amides is 1. The molecule has 0 radical (unpaired) electrons. The van der Waals surface area contributed by atoms with Crippen LogP contribution in [0.5, 0.6) is 0 Å². The number of nitrogens with zero attached hydrogens (tertiary/aromatic N) is 2. The van der Waals surface area contributed by atoms with E-state index in [0.29, 0.717) is 14.9 Å². The number of furan rings is 1. The van der Waals surface area contributed by atoms with E-state index in [1.54, 1.807) is 6.07 Å². The lowest BCUT2D eigenvalue weighted by atomic mass is 10.3. The summed E-state index contributed by atoms with van der Waals surface area (Å²) in [5.74, 6) is -0.911. The minimum absolute atomic E-state index is 0.281. The van der Waals surface area contributed by atoms with Crippen LogP contribution in [0.4, 0.5) is 16.0 Å². The van der Waals surface area contributed by atoms with E-state index in [1.165, 1.54) is 53.5 Å². The number of carbonyl (C=O) groups is 1. The van der Waals surface area contributed by atoms with Crippen LogP contribution < -0.4 is 4.90 Å². The van der Waals surface area contributed by atoms with Crippen LogP contribution in [-0.4, -0.2) is 15.2 Å². The minimum Gasteiger partial charge on any atom is -0.401 e. The van der Waals surface area contributed by atoms with Crippen LogP contribution in [0.3, 0.4) is 0 Å². The fourth-order valence-corrected chi connectivity index (χ4v) is 3.33. The Morgan fingerprint density at radius 2 is 2.12 bits per heavy atom. The van der Waals surface area contributed by atoms with E-state index in [1.807, 2.05) is 0 Å². The molecule has 1 aromatic heterocycles. The van der Waals surface area contributed by atoms with Gasteiger partial charge in [0.2, 0.25) is 0 Å². The van der Waals surface area contributed by atoms with E-state index in [2.05, 4.69) is 0 Å². The van der Waals surface area contributed by atoms with Gasteiger partial charge in [0.15, 0.2) is 4.32 Å². The van der Waals surface area contributed by atoms with E-state index in [9.17, 15) is 19.3 Å². The summed E-state index contributed by atoms with van der Waals surface area (Å²) >= 11 is 6.27. The fourth-order valence-electron chi connectivity index (χ4n) is 2.08. The monoisotopic (exact) mass is 376 g/mol. The number of hydrogen-bond donors (Lipinski definition) is 0. The zero-order valence-corrected chi connectivity index (χ0v) is 14.1. The Kier molecular flexibility index (Phi) is 4.77. The number of thioether (sulfide) groups is 1. The molecule has 0 saturated carbocycles. The first-order valence-corrected chi connectivity index (χ1v) is 8.12. The van der Waals surface area contributed by atoms with Crippen LogP contribution in [0.1, 0.15) is 5.76 Å². The average molecular weight is 376 g/mol. The molecule has 126 valence electrons. The van der Waals surface area contributed by atoms with Crippen LogP contribution in [0, 0.1) is 15.9 Å². The van der Waals surface area contributed by atoms with Crippen LogP contribution in [0.25, 0.3) is 6.08 Å². The number of halogens is 1. The second kappa shape index (κ2) is 6.99. The third kappa shape index (κ3) is 3.67. The SMILES string of the molecule is O=C1/C(=C\C=C\c2ccc([N+](=O)[O-])o2)SC(=S)N1c1cccc(F)c1. The van der Waals surface area contributed by atoms with Crippen LogP contribution in [0.2, 0.25) is 0 Å². The number of thiocarbonyl (C=S) groups is 1. The first-order valence-electron chi connectivity index (χ1n) is 6.90. The Morgan fingerprint density at radius 1 is 1.32 bits per heavy atom. The molecule has 3 rings (SSSR count). The lowest BCUT2D eigenvalue weighted by molar-refractivity contribution is -0.402. The third-order valence-corrected chi connectivity index (χ3v) is 4.48. The molecular weight excluding hydrogens is 367 g/mol. The standard InChI is InChI=1S/C16H9FN2O4S2/c17-10-3-1-4-11(9-10)18-15(20)13(25-16(18)24)6-2-5-12-7-8-14(23-12)19(21)22/h1-9H/b5-2+,13-6+. The zero-order valence-electron chi connectivity index (χ0n) is 12.4. The minimum atomic E-state index is -0.637. The van der Waals surface area contributed by atoms with Gasteiger partial charge in [-0.15, -0.1) is 0 Å². The number of anilines is 1. The predicted octanol–water partition coefficient (Wildman–Crippen LogP) is 4.29. The summed E-state index contributed by atoms with van der Waals surface area (Å²) in [4.78, 5) is 24.0. The van der Waals surface area contributed by atoms with Crippen molar-refractivity contribution in [2.24, 2.45) is 0 Å². The van der Waals surface area contributed by atoms with Gasteiger partial charge in [0.05, 0.1) is 16.7 Å². The van der Waals surface area contributed by atoms with Gasteiger partial charge in [-0.1, -0.05) is 36.1 Å². The fraction of sp³-hybridized carbons (Fsp3) is 0. The maximum Gasteiger partial charge on any atom is 0.433 e. The normalized spacial score (nSPS) is 16.4. The van der Waals surface area contributed by atoms with Gasteiger partial charge in [-0.2, -0.15) is 0 Å². The molecule has 9 heteroatoms. The van der Waals surface area contributed by atoms with Crippen molar-refractivity contribution in [1.82, 2.24) is 0 Å². The van der Waals surface area contributed by atoms with Gasteiger partial charge in [-0.3, -0.25) is 19.8 Å². The molecule has 2 aromatic rings. The highest BCUT2D eigenvalue weighted by Crippen LogP contribution is 2.35. The molecule has 0 N–H and O–H groups in total. The molecule has 1 aromatic carbocycles. The van der Waals surface area contributed by atoms with E-state index >= 15 is 0 Å². The number of hydrogen-bond acceptors (Lipinski definition) is 6. The predicted molar refractivity (Wildman–Crippen MR) is 96.6 cm³/mol. The molecular formula is C16H9FN2O4S2. The van der Waals surface area contributed by atoms with Gasteiger partial charge in [-0.25, -0.2) is 4.39 Å². The van der Waals surface area contributed by atoms with Crippen molar-refractivity contribution in [3.05, 3.63) is 75.1 Å². The van der Waals surface area contributed by atoms with Crippen molar-refractivity contribution in [3.63, 3.8) is 0 Å². The molecule has 0 unspecified atom stereocenters.